The summed E-state index contributed by atoms with van der Waals surface area (Å²) < 4.78 is 0. The lowest BCUT2D eigenvalue weighted by Crippen LogP contribution is -2.45. The first-order valence-electron chi connectivity index (χ1n) is 11.8. The third-order valence-electron chi connectivity index (χ3n) is 6.94. The molecule has 0 atom stereocenters. The van der Waals surface area contributed by atoms with E-state index in [1.165, 1.54) is 18.4 Å². The molecule has 2 aliphatic heterocycles. The second-order valence-electron chi connectivity index (χ2n) is 9.28. The first-order valence-corrected chi connectivity index (χ1v) is 11.8. The van der Waals surface area contributed by atoms with Crippen LogP contribution in [0.4, 0.5) is 16.2 Å². The van der Waals surface area contributed by atoms with Crippen molar-refractivity contribution in [2.24, 2.45) is 0 Å². The van der Waals surface area contributed by atoms with Gasteiger partial charge in [-0.2, -0.15) is 0 Å². The monoisotopic (exact) mass is 449 g/mol. The minimum absolute atomic E-state index is 0.0378. The molecule has 7 heteroatoms. The number of likely N-dealkylation sites (tertiary alicyclic amines) is 1. The molecular weight excluding hydrogens is 414 g/mol. The fourth-order valence-electron chi connectivity index (χ4n) is 4.68. The standard InChI is InChI=1S/C26H35N5O2/c1-28-14-12-23(13-15-28)29(2)17-18-30(3)26(33)27-22-9-6-8-21(19-22)25(32)31-16-11-20-7-4-5-10-24(20)31/h4-10,19,23H,11-18H2,1-3H3,(H,27,33). The number of anilines is 2. The molecule has 2 aromatic carbocycles. The summed E-state index contributed by atoms with van der Waals surface area (Å²) >= 11 is 0. The lowest BCUT2D eigenvalue weighted by Gasteiger charge is -2.35. The van der Waals surface area contributed by atoms with Gasteiger partial charge in [-0.05, 0) is 76.3 Å². The summed E-state index contributed by atoms with van der Waals surface area (Å²) in [7, 11) is 6.13. The Morgan fingerprint density at radius 1 is 1.00 bits per heavy atom. The predicted molar refractivity (Wildman–Crippen MR) is 133 cm³/mol. The molecule has 1 N–H and O–H groups in total. The van der Waals surface area contributed by atoms with Crippen LogP contribution < -0.4 is 10.2 Å². The van der Waals surface area contributed by atoms with Crippen LogP contribution in [0.25, 0.3) is 0 Å². The molecule has 7 nitrogen and oxygen atoms in total. The summed E-state index contributed by atoms with van der Waals surface area (Å²) in [6.07, 6.45) is 3.21. The quantitative estimate of drug-likeness (QED) is 0.735. The van der Waals surface area contributed by atoms with E-state index in [4.69, 9.17) is 0 Å². The van der Waals surface area contributed by atoms with Crippen molar-refractivity contribution in [3.05, 3.63) is 59.7 Å². The Labute approximate surface area is 196 Å². The van der Waals surface area contributed by atoms with Crippen molar-refractivity contribution in [3.8, 4) is 0 Å². The van der Waals surface area contributed by atoms with Gasteiger partial charge in [0.1, 0.15) is 0 Å². The molecule has 0 spiro atoms. The fourth-order valence-corrected chi connectivity index (χ4v) is 4.68. The van der Waals surface area contributed by atoms with Crippen LogP contribution in [0.2, 0.25) is 0 Å². The molecular formula is C26H35N5O2. The number of urea groups is 1. The summed E-state index contributed by atoms with van der Waals surface area (Å²) in [4.78, 5) is 34.1. The van der Waals surface area contributed by atoms with Crippen LogP contribution in [0, 0.1) is 0 Å². The molecule has 176 valence electrons. The summed E-state index contributed by atoms with van der Waals surface area (Å²) in [5, 5.41) is 2.95. The molecule has 0 aliphatic carbocycles. The Balaban J connectivity index is 1.31. The minimum Gasteiger partial charge on any atom is -0.326 e. The maximum atomic E-state index is 13.1. The lowest BCUT2D eigenvalue weighted by atomic mass is 10.0. The Morgan fingerprint density at radius 3 is 2.55 bits per heavy atom. The van der Waals surface area contributed by atoms with Crippen molar-refractivity contribution < 1.29 is 9.59 Å². The number of para-hydroxylation sites is 1. The number of nitrogens with one attached hydrogen (secondary N) is 1. The van der Waals surface area contributed by atoms with E-state index in [9.17, 15) is 9.59 Å². The highest BCUT2D eigenvalue weighted by Gasteiger charge is 2.25. The van der Waals surface area contributed by atoms with Gasteiger partial charge in [-0.25, -0.2) is 4.79 Å². The number of carbonyl (C=O) groups is 2. The second kappa shape index (κ2) is 10.4. The number of hydrogen-bond donors (Lipinski definition) is 1. The van der Waals surface area contributed by atoms with Crippen LogP contribution in [0.1, 0.15) is 28.8 Å². The molecule has 0 radical (unpaired) electrons. The number of benzene rings is 2. The smallest absolute Gasteiger partial charge is 0.321 e. The molecule has 1 fully saturated rings. The van der Waals surface area contributed by atoms with Gasteiger partial charge in [0.15, 0.2) is 0 Å². The normalized spacial score (nSPS) is 16.7. The molecule has 2 aliphatic rings. The number of nitrogens with zero attached hydrogens (tertiary/aromatic N) is 4. The zero-order valence-electron chi connectivity index (χ0n) is 20.0. The van der Waals surface area contributed by atoms with Crippen LogP contribution in [0.15, 0.2) is 48.5 Å². The zero-order chi connectivity index (χ0) is 23.4. The summed E-state index contributed by atoms with van der Waals surface area (Å²) in [5.74, 6) is -0.0378. The van der Waals surface area contributed by atoms with Crippen molar-refractivity contribution in [1.29, 1.82) is 0 Å². The van der Waals surface area contributed by atoms with Crippen LogP contribution in [-0.2, 0) is 6.42 Å². The number of piperidine rings is 1. The molecule has 0 saturated carbocycles. The minimum atomic E-state index is -0.164. The van der Waals surface area contributed by atoms with Crippen LogP contribution in [0.5, 0.6) is 0 Å². The third kappa shape index (κ3) is 5.54. The average molecular weight is 450 g/mol. The summed E-state index contributed by atoms with van der Waals surface area (Å²) in [6.45, 7) is 4.43. The maximum Gasteiger partial charge on any atom is 0.321 e. The lowest BCUT2D eigenvalue weighted by molar-refractivity contribution is 0.0989. The molecule has 0 unspecified atom stereocenters. The number of hydrogen-bond acceptors (Lipinski definition) is 4. The zero-order valence-corrected chi connectivity index (χ0v) is 20.0. The van der Waals surface area contributed by atoms with Crippen molar-refractivity contribution >= 4 is 23.3 Å². The number of carbonyl (C=O) groups excluding carboxylic acids is 2. The van der Waals surface area contributed by atoms with E-state index in [-0.39, 0.29) is 11.9 Å². The Hall–Kier alpha value is -2.90. The van der Waals surface area contributed by atoms with Crippen LogP contribution in [-0.4, -0.2) is 86.5 Å². The van der Waals surface area contributed by atoms with Gasteiger partial charge in [-0.1, -0.05) is 24.3 Å². The van der Waals surface area contributed by atoms with Crippen molar-refractivity contribution in [2.45, 2.75) is 25.3 Å². The first-order chi connectivity index (χ1) is 15.9. The fraction of sp³-hybridized carbons (Fsp3) is 0.462. The predicted octanol–water partition coefficient (Wildman–Crippen LogP) is 3.38. The molecule has 4 rings (SSSR count). The number of fused-ring (bicyclic) bond motifs is 1. The molecule has 2 aromatic rings. The molecule has 33 heavy (non-hydrogen) atoms. The van der Waals surface area contributed by atoms with E-state index in [0.717, 1.165) is 31.7 Å². The van der Waals surface area contributed by atoms with Gasteiger partial charge in [0, 0.05) is 49.7 Å². The summed E-state index contributed by atoms with van der Waals surface area (Å²) in [6, 6.07) is 15.6. The van der Waals surface area contributed by atoms with Gasteiger partial charge in [0.05, 0.1) is 0 Å². The van der Waals surface area contributed by atoms with Gasteiger partial charge in [0.2, 0.25) is 0 Å². The topological polar surface area (TPSA) is 59.1 Å². The average Bonchev–Trinajstić information content (AvgIpc) is 3.26. The molecule has 3 amide bonds. The van der Waals surface area contributed by atoms with Crippen LogP contribution >= 0.6 is 0 Å². The summed E-state index contributed by atoms with van der Waals surface area (Å²) in [5.41, 5.74) is 3.38. The van der Waals surface area contributed by atoms with E-state index in [1.807, 2.05) is 42.3 Å². The Morgan fingerprint density at radius 2 is 1.76 bits per heavy atom. The molecule has 1 saturated heterocycles. The Kier molecular flexibility index (Phi) is 7.30. The first kappa shape index (κ1) is 23.3. The highest BCUT2D eigenvalue weighted by molar-refractivity contribution is 6.08. The highest BCUT2D eigenvalue weighted by atomic mass is 16.2. The second-order valence-corrected chi connectivity index (χ2v) is 9.28. The van der Waals surface area contributed by atoms with Crippen molar-refractivity contribution in [3.63, 3.8) is 0 Å². The SMILES string of the molecule is CN1CCC(N(C)CCN(C)C(=O)Nc2cccc(C(=O)N3CCc4ccccc43)c2)CC1. The van der Waals surface area contributed by atoms with Gasteiger partial charge >= 0.3 is 6.03 Å². The van der Waals surface area contributed by atoms with Crippen molar-refractivity contribution in [2.75, 3.05) is 64.1 Å². The van der Waals surface area contributed by atoms with E-state index in [2.05, 4.69) is 35.3 Å². The van der Waals surface area contributed by atoms with Gasteiger partial charge in [0.25, 0.3) is 5.91 Å². The van der Waals surface area contributed by atoms with E-state index in [0.29, 0.717) is 30.4 Å². The van der Waals surface area contributed by atoms with E-state index >= 15 is 0 Å². The Bertz CT molecular complexity index is 986. The van der Waals surface area contributed by atoms with E-state index in [1.54, 1.807) is 17.0 Å². The highest BCUT2D eigenvalue weighted by Crippen LogP contribution is 2.29. The molecule has 2 heterocycles. The van der Waals surface area contributed by atoms with Crippen molar-refractivity contribution in [1.82, 2.24) is 14.7 Å². The number of amides is 3. The molecule has 0 bridgehead atoms. The van der Waals surface area contributed by atoms with Crippen LogP contribution in [0.3, 0.4) is 0 Å². The largest absolute Gasteiger partial charge is 0.326 e. The maximum absolute atomic E-state index is 13.1. The van der Waals surface area contributed by atoms with E-state index < -0.39 is 0 Å². The molecule has 0 aromatic heterocycles. The van der Waals surface area contributed by atoms with Gasteiger partial charge in [-0.3, -0.25) is 4.79 Å². The number of likely N-dealkylation sites (N-methyl/N-ethyl adjacent to an activating group) is 2. The van der Waals surface area contributed by atoms with Gasteiger partial charge in [-0.15, -0.1) is 0 Å². The third-order valence-corrected chi connectivity index (χ3v) is 6.94. The van der Waals surface area contributed by atoms with Gasteiger partial charge < -0.3 is 24.9 Å². The number of rotatable bonds is 6.